The minimum atomic E-state index is -1.98. The summed E-state index contributed by atoms with van der Waals surface area (Å²) in [5, 5.41) is 0.370. The molecule has 0 saturated carbocycles. The first-order valence-corrected chi connectivity index (χ1v) is 9.50. The van der Waals surface area contributed by atoms with Crippen molar-refractivity contribution in [2.24, 2.45) is 5.92 Å². The van der Waals surface area contributed by atoms with Gasteiger partial charge in [0.15, 0.2) is 0 Å². The first-order chi connectivity index (χ1) is 8.34. The molecule has 1 rings (SSSR count). The van der Waals surface area contributed by atoms with E-state index in [1.165, 1.54) is 0 Å². The van der Waals surface area contributed by atoms with Crippen molar-refractivity contribution >= 4 is 14.1 Å². The summed E-state index contributed by atoms with van der Waals surface area (Å²) < 4.78 is 6.73. The van der Waals surface area contributed by atoms with Gasteiger partial charge in [-0.1, -0.05) is 55.4 Å². The highest BCUT2D eigenvalue weighted by atomic mass is 28.4. The molecule has 0 radical (unpaired) electrons. The number of Topliss-reactive ketones (excluding diaryl/α,β-unsaturated/α-hetero) is 1. The zero-order valence-electron chi connectivity index (χ0n) is 14.3. The smallest absolute Gasteiger partial charge is 0.206 e. The topological polar surface area (TPSA) is 26.3 Å². The van der Waals surface area contributed by atoms with Crippen molar-refractivity contribution in [2.45, 2.75) is 90.5 Å². The molecule has 1 heterocycles. The zero-order valence-corrected chi connectivity index (χ0v) is 15.3. The van der Waals surface area contributed by atoms with Gasteiger partial charge in [-0.05, 0) is 28.5 Å². The van der Waals surface area contributed by atoms with E-state index in [0.717, 1.165) is 0 Å². The van der Waals surface area contributed by atoms with Crippen molar-refractivity contribution in [2.75, 3.05) is 0 Å². The number of rotatable bonds is 2. The summed E-state index contributed by atoms with van der Waals surface area (Å²) in [6.45, 7) is 20.2. The SMILES string of the molecule is CC(=O)C[C@H]1O[Si](C(C)(C)C)(C(C)(C)C)[C@H](C)[C@H]1C. The van der Waals surface area contributed by atoms with Crippen molar-refractivity contribution in [3.63, 3.8) is 0 Å². The molecule has 0 unspecified atom stereocenters. The fourth-order valence-electron chi connectivity index (χ4n) is 4.50. The van der Waals surface area contributed by atoms with E-state index in [0.29, 0.717) is 17.9 Å². The van der Waals surface area contributed by atoms with E-state index in [2.05, 4.69) is 55.4 Å². The molecule has 0 aromatic heterocycles. The van der Waals surface area contributed by atoms with Crippen LogP contribution in [-0.4, -0.2) is 20.2 Å². The molecule has 0 N–H and O–H groups in total. The Labute approximate surface area is 120 Å². The molecule has 1 aliphatic heterocycles. The lowest BCUT2D eigenvalue weighted by Crippen LogP contribution is -2.55. The fourth-order valence-corrected chi connectivity index (χ4v) is 12.1. The third-order valence-corrected chi connectivity index (χ3v) is 12.0. The average Bonchev–Trinajstić information content (AvgIpc) is 2.40. The van der Waals surface area contributed by atoms with Gasteiger partial charge in [0.25, 0.3) is 0 Å². The Balaban J connectivity index is 3.25. The fraction of sp³-hybridized carbons (Fsp3) is 0.938. The van der Waals surface area contributed by atoms with Crippen molar-refractivity contribution in [3.8, 4) is 0 Å². The Morgan fingerprint density at radius 2 is 1.47 bits per heavy atom. The second-order valence-corrected chi connectivity index (χ2v) is 14.1. The van der Waals surface area contributed by atoms with Crippen molar-refractivity contribution in [1.29, 1.82) is 0 Å². The summed E-state index contributed by atoms with van der Waals surface area (Å²) in [5.74, 6) is 0.727. The van der Waals surface area contributed by atoms with Gasteiger partial charge < -0.3 is 4.43 Å². The number of carbonyl (C=O) groups excluding carboxylic acids is 1. The molecular formula is C16H32O2Si. The Kier molecular flexibility index (Phi) is 4.44. The molecule has 112 valence electrons. The van der Waals surface area contributed by atoms with Gasteiger partial charge in [-0.15, -0.1) is 0 Å². The van der Waals surface area contributed by atoms with Crippen LogP contribution in [0.15, 0.2) is 0 Å². The van der Waals surface area contributed by atoms with Crippen LogP contribution in [-0.2, 0) is 9.22 Å². The van der Waals surface area contributed by atoms with E-state index >= 15 is 0 Å². The highest BCUT2D eigenvalue weighted by Gasteiger charge is 2.64. The van der Waals surface area contributed by atoms with Gasteiger partial charge in [0.1, 0.15) is 5.78 Å². The van der Waals surface area contributed by atoms with Crippen LogP contribution in [0.4, 0.5) is 0 Å². The summed E-state index contributed by atoms with van der Waals surface area (Å²) >= 11 is 0. The first kappa shape index (κ1) is 16.9. The Bertz CT molecular complexity index is 335. The van der Waals surface area contributed by atoms with E-state index in [1.807, 2.05) is 0 Å². The summed E-state index contributed by atoms with van der Waals surface area (Å²) in [6.07, 6.45) is 0.699. The van der Waals surface area contributed by atoms with Crippen LogP contribution < -0.4 is 0 Å². The molecular weight excluding hydrogens is 252 g/mol. The highest BCUT2D eigenvalue weighted by Crippen LogP contribution is 2.63. The van der Waals surface area contributed by atoms with Crippen LogP contribution in [0.2, 0.25) is 15.6 Å². The molecule has 0 aromatic carbocycles. The first-order valence-electron chi connectivity index (χ1n) is 7.52. The predicted molar refractivity (Wildman–Crippen MR) is 83.9 cm³/mol. The molecule has 2 nitrogen and oxygen atoms in total. The van der Waals surface area contributed by atoms with E-state index in [9.17, 15) is 4.79 Å². The molecule has 0 amide bonds. The molecule has 1 saturated heterocycles. The van der Waals surface area contributed by atoms with Crippen LogP contribution in [0.1, 0.15) is 68.7 Å². The molecule has 0 bridgehead atoms. The number of hydrogen-bond acceptors (Lipinski definition) is 2. The van der Waals surface area contributed by atoms with Crippen molar-refractivity contribution < 1.29 is 9.22 Å². The number of hydrogen-bond donors (Lipinski definition) is 0. The molecule has 0 aromatic rings. The van der Waals surface area contributed by atoms with Gasteiger partial charge in [0, 0.05) is 6.42 Å². The van der Waals surface area contributed by atoms with Crippen LogP contribution in [0, 0.1) is 5.92 Å². The van der Waals surface area contributed by atoms with Crippen LogP contribution in [0.3, 0.4) is 0 Å². The normalized spacial score (nSPS) is 31.5. The largest absolute Gasteiger partial charge is 0.412 e. The summed E-state index contributed by atoms with van der Waals surface area (Å²) in [4.78, 5) is 11.5. The Morgan fingerprint density at radius 1 is 1.05 bits per heavy atom. The molecule has 19 heavy (non-hydrogen) atoms. The lowest BCUT2D eigenvalue weighted by Gasteiger charge is -2.51. The quantitative estimate of drug-likeness (QED) is 0.672. The van der Waals surface area contributed by atoms with Gasteiger partial charge in [0.2, 0.25) is 8.32 Å². The van der Waals surface area contributed by atoms with Crippen LogP contribution in [0.5, 0.6) is 0 Å². The molecule has 0 aliphatic carbocycles. The summed E-state index contributed by atoms with van der Waals surface area (Å²) in [6, 6.07) is 0. The number of carbonyl (C=O) groups is 1. The molecule has 1 fully saturated rings. The highest BCUT2D eigenvalue weighted by molar-refractivity contribution is 6.81. The monoisotopic (exact) mass is 284 g/mol. The third kappa shape index (κ3) is 2.69. The molecule has 3 atom stereocenters. The van der Waals surface area contributed by atoms with Crippen LogP contribution in [0.25, 0.3) is 0 Å². The second kappa shape index (κ2) is 4.99. The van der Waals surface area contributed by atoms with Crippen LogP contribution >= 0.6 is 0 Å². The molecule has 0 spiro atoms. The van der Waals surface area contributed by atoms with Gasteiger partial charge in [-0.25, -0.2) is 0 Å². The lowest BCUT2D eigenvalue weighted by atomic mass is 9.97. The van der Waals surface area contributed by atoms with Gasteiger partial charge >= 0.3 is 0 Å². The van der Waals surface area contributed by atoms with Crippen molar-refractivity contribution in [1.82, 2.24) is 0 Å². The number of ketones is 1. The predicted octanol–water partition coefficient (Wildman–Crippen LogP) is 4.94. The van der Waals surface area contributed by atoms with E-state index in [4.69, 9.17) is 4.43 Å². The second-order valence-electron chi connectivity index (χ2n) is 8.45. The summed E-state index contributed by atoms with van der Waals surface area (Å²) in [5.41, 5.74) is 0.580. The minimum Gasteiger partial charge on any atom is -0.412 e. The maximum absolute atomic E-state index is 11.5. The zero-order chi connectivity index (χ0) is 15.2. The minimum absolute atomic E-state index is 0.123. The van der Waals surface area contributed by atoms with E-state index in [-0.39, 0.29) is 22.0 Å². The maximum Gasteiger partial charge on any atom is 0.206 e. The lowest BCUT2D eigenvalue weighted by molar-refractivity contribution is -0.118. The van der Waals surface area contributed by atoms with Gasteiger partial charge in [-0.2, -0.15) is 0 Å². The van der Waals surface area contributed by atoms with E-state index in [1.54, 1.807) is 6.92 Å². The molecule has 1 aliphatic rings. The maximum atomic E-state index is 11.5. The Morgan fingerprint density at radius 3 is 1.74 bits per heavy atom. The van der Waals surface area contributed by atoms with Gasteiger partial charge in [0.05, 0.1) is 6.10 Å². The third-order valence-electron chi connectivity index (χ3n) is 5.07. The van der Waals surface area contributed by atoms with Gasteiger partial charge in [-0.3, -0.25) is 4.79 Å². The standard InChI is InChI=1S/C16H32O2Si/c1-11(17)10-14-12(2)13(3)19(18-14,15(4,5)6)16(7,8)9/h12-14H,10H2,1-9H3/t12-,13-,14-/m1/s1. The molecule has 3 heteroatoms. The Hall–Kier alpha value is -0.153. The average molecular weight is 285 g/mol. The van der Waals surface area contributed by atoms with Crippen molar-refractivity contribution in [3.05, 3.63) is 0 Å². The van der Waals surface area contributed by atoms with E-state index < -0.39 is 8.32 Å². The summed E-state index contributed by atoms with van der Waals surface area (Å²) in [7, 11) is -1.98.